The fourth-order valence-electron chi connectivity index (χ4n) is 3.15. The zero-order chi connectivity index (χ0) is 18.8. The number of rotatable bonds is 4. The zero-order valence-electron chi connectivity index (χ0n) is 15.2. The van der Waals surface area contributed by atoms with Crippen LogP contribution in [0.25, 0.3) is 0 Å². The lowest BCUT2D eigenvalue weighted by atomic mass is 10.1. The number of fused-ring (bicyclic) bond motifs is 1. The van der Waals surface area contributed by atoms with E-state index in [2.05, 4.69) is 19.9 Å². The topological polar surface area (TPSA) is 86.0 Å². The Hall–Kier alpha value is -3.29. The van der Waals surface area contributed by atoms with Crippen LogP contribution in [0.1, 0.15) is 33.5 Å². The molecule has 1 atom stereocenters. The Bertz CT molecular complexity index is 970. The fourth-order valence-corrected chi connectivity index (χ4v) is 3.15. The molecule has 1 unspecified atom stereocenters. The molecule has 4 heterocycles. The molecule has 0 radical (unpaired) electrons. The molecule has 1 aliphatic rings. The third-order valence-corrected chi connectivity index (χ3v) is 4.52. The molecular formula is C19H20N6O2. The van der Waals surface area contributed by atoms with Crippen molar-refractivity contribution >= 4 is 5.91 Å². The molecule has 1 amide bonds. The van der Waals surface area contributed by atoms with Gasteiger partial charge in [-0.25, -0.2) is 15.0 Å². The molecule has 0 fully saturated rings. The van der Waals surface area contributed by atoms with Crippen LogP contribution in [0, 0.1) is 13.8 Å². The number of nitrogens with zero attached hydrogens (tertiary/aromatic N) is 6. The van der Waals surface area contributed by atoms with Crippen molar-refractivity contribution < 1.29 is 9.53 Å². The van der Waals surface area contributed by atoms with Gasteiger partial charge in [0.25, 0.3) is 5.91 Å². The first-order chi connectivity index (χ1) is 13.1. The molecular weight excluding hydrogens is 344 g/mol. The van der Waals surface area contributed by atoms with Gasteiger partial charge in [0.2, 0.25) is 0 Å². The second-order valence-corrected chi connectivity index (χ2v) is 6.64. The molecule has 0 saturated carbocycles. The van der Waals surface area contributed by atoms with Crippen molar-refractivity contribution in [1.82, 2.24) is 29.4 Å². The molecule has 1 aliphatic heterocycles. The summed E-state index contributed by atoms with van der Waals surface area (Å²) in [5.41, 5.74) is 3.26. The van der Waals surface area contributed by atoms with E-state index in [1.54, 1.807) is 35.9 Å². The van der Waals surface area contributed by atoms with Crippen molar-refractivity contribution in [3.05, 3.63) is 65.8 Å². The third-order valence-electron chi connectivity index (χ3n) is 4.52. The lowest BCUT2D eigenvalue weighted by Crippen LogP contribution is -2.42. The quantitative estimate of drug-likeness (QED) is 0.703. The number of imidazole rings is 1. The van der Waals surface area contributed by atoms with Crippen molar-refractivity contribution in [1.29, 1.82) is 0 Å². The predicted molar refractivity (Wildman–Crippen MR) is 97.2 cm³/mol. The molecule has 3 aromatic heterocycles. The Morgan fingerprint density at radius 3 is 2.93 bits per heavy atom. The van der Waals surface area contributed by atoms with Gasteiger partial charge in [-0.2, -0.15) is 0 Å². The Balaban J connectivity index is 1.53. The highest BCUT2D eigenvalue weighted by atomic mass is 16.5. The molecule has 0 aromatic carbocycles. The van der Waals surface area contributed by atoms with Crippen molar-refractivity contribution in [3.8, 4) is 6.01 Å². The number of hydrogen-bond acceptors (Lipinski definition) is 6. The highest BCUT2D eigenvalue weighted by molar-refractivity contribution is 5.92. The van der Waals surface area contributed by atoms with Crippen LogP contribution in [0.2, 0.25) is 0 Å². The summed E-state index contributed by atoms with van der Waals surface area (Å²) in [7, 11) is 0. The monoisotopic (exact) mass is 364 g/mol. The molecule has 0 aliphatic carbocycles. The summed E-state index contributed by atoms with van der Waals surface area (Å²) in [6.07, 6.45) is 6.87. The number of carbonyl (C=O) groups excluding carboxylic acids is 1. The predicted octanol–water partition coefficient (Wildman–Crippen LogP) is 1.96. The number of hydrogen-bond donors (Lipinski definition) is 0. The molecule has 0 bridgehead atoms. The van der Waals surface area contributed by atoms with Crippen molar-refractivity contribution in [3.63, 3.8) is 0 Å². The summed E-state index contributed by atoms with van der Waals surface area (Å²) in [6, 6.07) is 5.76. The maximum atomic E-state index is 12.9. The van der Waals surface area contributed by atoms with Gasteiger partial charge in [0.05, 0.1) is 24.6 Å². The standard InChI is InChI=1S/C19H20N6O2/c1-13-3-5-21-17(7-13)18(26)24-9-15-8-20-12-25(15)16(10-24)11-27-19-22-6-4-14(2)23-19/h3-8,12,16H,9-11H2,1-2H3. The average molecular weight is 364 g/mol. The molecule has 27 heavy (non-hydrogen) atoms. The van der Waals surface area contributed by atoms with Gasteiger partial charge in [0.15, 0.2) is 0 Å². The summed E-state index contributed by atoms with van der Waals surface area (Å²) >= 11 is 0. The van der Waals surface area contributed by atoms with Crippen LogP contribution in [0.15, 0.2) is 43.1 Å². The molecule has 8 nitrogen and oxygen atoms in total. The van der Waals surface area contributed by atoms with Gasteiger partial charge in [-0.15, -0.1) is 0 Å². The third kappa shape index (κ3) is 3.64. The van der Waals surface area contributed by atoms with Gasteiger partial charge in [0, 0.05) is 30.8 Å². The van der Waals surface area contributed by atoms with Crippen LogP contribution >= 0.6 is 0 Å². The van der Waals surface area contributed by atoms with E-state index in [1.807, 2.05) is 30.5 Å². The van der Waals surface area contributed by atoms with Gasteiger partial charge in [-0.3, -0.25) is 9.78 Å². The maximum absolute atomic E-state index is 12.9. The van der Waals surface area contributed by atoms with Crippen LogP contribution in [0.3, 0.4) is 0 Å². The average Bonchev–Trinajstić information content (AvgIpc) is 3.14. The van der Waals surface area contributed by atoms with Gasteiger partial charge >= 0.3 is 6.01 Å². The Labute approximate surface area is 156 Å². The molecule has 4 rings (SSSR count). The smallest absolute Gasteiger partial charge is 0.316 e. The molecule has 138 valence electrons. The Kier molecular flexibility index (Phi) is 4.53. The maximum Gasteiger partial charge on any atom is 0.316 e. The molecule has 0 spiro atoms. The van der Waals surface area contributed by atoms with E-state index in [0.29, 0.717) is 31.4 Å². The number of aromatic nitrogens is 5. The van der Waals surface area contributed by atoms with E-state index in [0.717, 1.165) is 17.0 Å². The summed E-state index contributed by atoms with van der Waals surface area (Å²) in [4.78, 5) is 31.5. The number of amides is 1. The summed E-state index contributed by atoms with van der Waals surface area (Å²) in [5.74, 6) is -0.0945. The van der Waals surface area contributed by atoms with Crippen molar-refractivity contribution in [2.45, 2.75) is 26.4 Å². The van der Waals surface area contributed by atoms with Crippen LogP contribution in [-0.4, -0.2) is 48.5 Å². The van der Waals surface area contributed by atoms with Crippen LogP contribution < -0.4 is 4.74 Å². The van der Waals surface area contributed by atoms with E-state index < -0.39 is 0 Å². The lowest BCUT2D eigenvalue weighted by Gasteiger charge is -2.34. The van der Waals surface area contributed by atoms with E-state index in [-0.39, 0.29) is 11.9 Å². The molecule has 0 N–H and O–H groups in total. The van der Waals surface area contributed by atoms with Crippen molar-refractivity contribution in [2.75, 3.05) is 13.2 Å². The van der Waals surface area contributed by atoms with Gasteiger partial charge < -0.3 is 14.2 Å². The number of ether oxygens (including phenoxy) is 1. The molecule has 3 aromatic rings. The highest BCUT2D eigenvalue weighted by Gasteiger charge is 2.29. The zero-order valence-corrected chi connectivity index (χ0v) is 15.2. The normalized spacial score (nSPS) is 16.1. The van der Waals surface area contributed by atoms with E-state index in [9.17, 15) is 4.79 Å². The van der Waals surface area contributed by atoms with Crippen LogP contribution in [-0.2, 0) is 6.54 Å². The summed E-state index contributed by atoms with van der Waals surface area (Å²) in [6.45, 7) is 5.17. The van der Waals surface area contributed by atoms with E-state index in [4.69, 9.17) is 4.74 Å². The highest BCUT2D eigenvalue weighted by Crippen LogP contribution is 2.23. The summed E-state index contributed by atoms with van der Waals surface area (Å²) in [5, 5.41) is 0. The first kappa shape index (κ1) is 17.1. The van der Waals surface area contributed by atoms with Crippen molar-refractivity contribution in [2.24, 2.45) is 0 Å². The molecule has 0 saturated heterocycles. The van der Waals surface area contributed by atoms with Gasteiger partial charge in [-0.05, 0) is 37.6 Å². The second-order valence-electron chi connectivity index (χ2n) is 6.64. The lowest BCUT2D eigenvalue weighted by molar-refractivity contribution is 0.0637. The first-order valence-electron chi connectivity index (χ1n) is 8.75. The number of aryl methyl sites for hydroxylation is 2. The SMILES string of the molecule is Cc1ccnc(C(=O)N2Cc3cncn3C(COc3nccc(C)n3)C2)c1. The molecule has 8 heteroatoms. The van der Waals surface area contributed by atoms with E-state index in [1.165, 1.54) is 0 Å². The van der Waals surface area contributed by atoms with Gasteiger partial charge in [-0.1, -0.05) is 0 Å². The van der Waals surface area contributed by atoms with Gasteiger partial charge in [0.1, 0.15) is 12.3 Å². The number of carbonyl (C=O) groups is 1. The number of pyridine rings is 1. The largest absolute Gasteiger partial charge is 0.461 e. The Morgan fingerprint density at radius 1 is 1.26 bits per heavy atom. The van der Waals surface area contributed by atoms with Crippen LogP contribution in [0.4, 0.5) is 0 Å². The second kappa shape index (κ2) is 7.14. The minimum absolute atomic E-state index is 0.0749. The minimum atomic E-state index is -0.0945. The minimum Gasteiger partial charge on any atom is -0.461 e. The van der Waals surface area contributed by atoms with E-state index >= 15 is 0 Å². The fraction of sp³-hybridized carbons (Fsp3) is 0.316. The summed E-state index contributed by atoms with van der Waals surface area (Å²) < 4.78 is 7.83. The Morgan fingerprint density at radius 2 is 2.11 bits per heavy atom. The van der Waals surface area contributed by atoms with Crippen LogP contribution in [0.5, 0.6) is 6.01 Å². The first-order valence-corrected chi connectivity index (χ1v) is 8.75.